The number of halogens is 2. The first-order valence-corrected chi connectivity index (χ1v) is 13.9. The second-order valence-corrected chi connectivity index (χ2v) is 11.3. The van der Waals surface area contributed by atoms with E-state index in [-0.39, 0.29) is 12.5 Å². The van der Waals surface area contributed by atoms with Crippen molar-refractivity contribution in [3.63, 3.8) is 0 Å². The van der Waals surface area contributed by atoms with E-state index in [0.717, 1.165) is 73.4 Å². The maximum atomic E-state index is 11.1. The van der Waals surface area contributed by atoms with E-state index in [9.17, 15) is 4.79 Å². The van der Waals surface area contributed by atoms with Crippen molar-refractivity contribution in [2.24, 2.45) is 0 Å². The Bertz CT molecular complexity index is 1300. The van der Waals surface area contributed by atoms with E-state index in [1.54, 1.807) is 6.07 Å². The van der Waals surface area contributed by atoms with Gasteiger partial charge in [0.15, 0.2) is 5.65 Å². The zero-order valence-electron chi connectivity index (χ0n) is 21.6. The standard InChI is InChI=1S/C27H34Cl2N6O2/c1-16-13-21(34-11-4-5-20(34)7-9-25(36)37)10-12-33(16)24-15-30-26-17(2)32-35(27(26)31-24)18(3)22-8-6-19(28)14-23(22)29/h6,8,14-16,18,20-21H,4-5,7,9-13H2,1-3H3,(H,36,37)/t16-,18+,20?,21?/m0/s1. The predicted molar refractivity (Wildman–Crippen MR) is 147 cm³/mol. The molecule has 1 aromatic carbocycles. The minimum atomic E-state index is -0.703. The van der Waals surface area contributed by atoms with E-state index in [1.165, 1.54) is 0 Å². The summed E-state index contributed by atoms with van der Waals surface area (Å²) in [5.41, 5.74) is 3.30. The van der Waals surface area contributed by atoms with Crippen LogP contribution in [-0.2, 0) is 4.79 Å². The molecule has 2 aromatic heterocycles. The topological polar surface area (TPSA) is 87.4 Å². The number of aromatic nitrogens is 4. The number of aliphatic carboxylic acids is 1. The van der Waals surface area contributed by atoms with Gasteiger partial charge in [0, 0.05) is 41.1 Å². The van der Waals surface area contributed by atoms with E-state index >= 15 is 0 Å². The van der Waals surface area contributed by atoms with Crippen molar-refractivity contribution in [3.05, 3.63) is 45.7 Å². The van der Waals surface area contributed by atoms with Crippen LogP contribution in [0.5, 0.6) is 0 Å². The SMILES string of the molecule is Cc1nn([C@H](C)c2ccc(Cl)cc2Cl)c2nc(N3CCC(N4CCCC4CCC(=O)O)C[C@@H]3C)cnc12. The number of likely N-dealkylation sites (tertiary alicyclic amines) is 1. The van der Waals surface area contributed by atoms with Gasteiger partial charge < -0.3 is 10.0 Å². The number of carboxylic acids is 1. The van der Waals surface area contributed by atoms with E-state index in [1.807, 2.05) is 29.9 Å². The van der Waals surface area contributed by atoms with E-state index < -0.39 is 5.97 Å². The monoisotopic (exact) mass is 544 g/mol. The minimum absolute atomic E-state index is 0.133. The molecule has 8 nitrogen and oxygen atoms in total. The number of hydrogen-bond acceptors (Lipinski definition) is 6. The summed E-state index contributed by atoms with van der Waals surface area (Å²) in [5, 5.41) is 15.1. The van der Waals surface area contributed by atoms with Crippen molar-refractivity contribution in [2.45, 2.75) is 83.5 Å². The van der Waals surface area contributed by atoms with Crippen LogP contribution in [-0.4, -0.2) is 66.9 Å². The van der Waals surface area contributed by atoms with Gasteiger partial charge in [-0.25, -0.2) is 14.6 Å². The molecule has 4 atom stereocenters. The summed E-state index contributed by atoms with van der Waals surface area (Å²) in [5.74, 6) is 0.156. The predicted octanol–water partition coefficient (Wildman–Crippen LogP) is 5.74. The molecule has 2 unspecified atom stereocenters. The highest BCUT2D eigenvalue weighted by molar-refractivity contribution is 6.35. The molecule has 0 bridgehead atoms. The van der Waals surface area contributed by atoms with Crippen LogP contribution in [0.4, 0.5) is 5.82 Å². The number of carboxylic acid groups (broad SMARTS) is 1. The Morgan fingerprint density at radius 3 is 2.78 bits per heavy atom. The lowest BCUT2D eigenvalue weighted by Crippen LogP contribution is -2.50. The van der Waals surface area contributed by atoms with Crippen molar-refractivity contribution in [2.75, 3.05) is 18.0 Å². The summed E-state index contributed by atoms with van der Waals surface area (Å²) in [6.07, 6.45) is 7.16. The Labute approximate surface area is 227 Å². The van der Waals surface area contributed by atoms with Gasteiger partial charge in [-0.05, 0) is 77.1 Å². The number of rotatable bonds is 7. The number of aryl methyl sites for hydroxylation is 1. The molecule has 2 saturated heterocycles. The first-order valence-electron chi connectivity index (χ1n) is 13.1. The van der Waals surface area contributed by atoms with Crippen molar-refractivity contribution in [1.29, 1.82) is 0 Å². The van der Waals surface area contributed by atoms with Crippen LogP contribution in [0, 0.1) is 6.92 Å². The third kappa shape index (κ3) is 5.29. The first-order chi connectivity index (χ1) is 17.7. The summed E-state index contributed by atoms with van der Waals surface area (Å²) >= 11 is 12.6. The highest BCUT2D eigenvalue weighted by Gasteiger charge is 2.36. The first kappa shape index (κ1) is 26.2. The van der Waals surface area contributed by atoms with Gasteiger partial charge in [-0.3, -0.25) is 9.69 Å². The highest BCUT2D eigenvalue weighted by Crippen LogP contribution is 2.34. The van der Waals surface area contributed by atoms with E-state index in [0.29, 0.717) is 28.2 Å². The number of benzene rings is 1. The maximum Gasteiger partial charge on any atom is 0.303 e. The van der Waals surface area contributed by atoms with Crippen LogP contribution in [0.2, 0.25) is 10.0 Å². The number of anilines is 1. The molecule has 2 fully saturated rings. The molecule has 0 saturated carbocycles. The molecule has 0 radical (unpaired) electrons. The zero-order valence-corrected chi connectivity index (χ0v) is 23.1. The Morgan fingerprint density at radius 2 is 2.05 bits per heavy atom. The quantitative estimate of drug-likeness (QED) is 0.405. The largest absolute Gasteiger partial charge is 0.481 e. The van der Waals surface area contributed by atoms with E-state index in [2.05, 4.69) is 23.6 Å². The Morgan fingerprint density at radius 1 is 1.24 bits per heavy atom. The van der Waals surface area contributed by atoms with Gasteiger partial charge in [-0.2, -0.15) is 5.10 Å². The molecule has 0 aliphatic carbocycles. The number of nitrogens with zero attached hydrogens (tertiary/aromatic N) is 6. The molecule has 0 amide bonds. The summed E-state index contributed by atoms with van der Waals surface area (Å²) in [6.45, 7) is 8.21. The number of fused-ring (bicyclic) bond motifs is 1. The fourth-order valence-electron chi connectivity index (χ4n) is 6.15. The van der Waals surface area contributed by atoms with Gasteiger partial charge in [0.25, 0.3) is 0 Å². The van der Waals surface area contributed by atoms with Crippen molar-refractivity contribution in [1.82, 2.24) is 24.6 Å². The van der Waals surface area contributed by atoms with Crippen molar-refractivity contribution < 1.29 is 9.90 Å². The zero-order chi connectivity index (χ0) is 26.3. The summed E-state index contributed by atoms with van der Waals surface area (Å²) in [6, 6.07) is 6.55. The van der Waals surface area contributed by atoms with E-state index in [4.69, 9.17) is 43.4 Å². The van der Waals surface area contributed by atoms with Gasteiger partial charge in [0.2, 0.25) is 0 Å². The molecule has 1 N–H and O–H groups in total. The molecule has 3 aromatic rings. The van der Waals surface area contributed by atoms with Crippen LogP contribution in [0.1, 0.15) is 69.7 Å². The molecule has 37 heavy (non-hydrogen) atoms. The summed E-state index contributed by atoms with van der Waals surface area (Å²) in [7, 11) is 0. The van der Waals surface area contributed by atoms with Crippen molar-refractivity contribution in [3.8, 4) is 0 Å². The molecule has 10 heteroatoms. The van der Waals surface area contributed by atoms with Crippen LogP contribution < -0.4 is 4.90 Å². The van der Waals surface area contributed by atoms with Crippen LogP contribution in [0.25, 0.3) is 11.2 Å². The molecule has 4 heterocycles. The van der Waals surface area contributed by atoms with Crippen LogP contribution >= 0.6 is 23.2 Å². The average molecular weight is 546 g/mol. The number of hydrogen-bond donors (Lipinski definition) is 1. The van der Waals surface area contributed by atoms with Crippen molar-refractivity contribution >= 4 is 46.2 Å². The number of carbonyl (C=O) groups is 1. The number of piperidine rings is 1. The third-order valence-electron chi connectivity index (χ3n) is 8.06. The summed E-state index contributed by atoms with van der Waals surface area (Å²) in [4.78, 5) is 25.9. The van der Waals surface area contributed by atoms with Crippen LogP contribution in [0.15, 0.2) is 24.4 Å². The second-order valence-electron chi connectivity index (χ2n) is 10.5. The Balaban J connectivity index is 1.36. The molecule has 0 spiro atoms. The molecule has 198 valence electrons. The smallest absolute Gasteiger partial charge is 0.303 e. The lowest BCUT2D eigenvalue weighted by Gasteiger charge is -2.43. The van der Waals surface area contributed by atoms with Crippen LogP contribution in [0.3, 0.4) is 0 Å². The average Bonchev–Trinajstić information content (AvgIpc) is 3.46. The van der Waals surface area contributed by atoms with Gasteiger partial charge in [-0.15, -0.1) is 0 Å². The molecule has 2 aliphatic heterocycles. The minimum Gasteiger partial charge on any atom is -0.481 e. The second kappa shape index (κ2) is 10.8. The fraction of sp³-hybridized carbons (Fsp3) is 0.556. The Kier molecular flexibility index (Phi) is 7.61. The summed E-state index contributed by atoms with van der Waals surface area (Å²) < 4.78 is 1.91. The van der Waals surface area contributed by atoms with Gasteiger partial charge in [0.05, 0.1) is 17.9 Å². The Hall–Kier alpha value is -2.42. The highest BCUT2D eigenvalue weighted by atomic mass is 35.5. The van der Waals surface area contributed by atoms with Gasteiger partial charge in [-0.1, -0.05) is 29.3 Å². The lowest BCUT2D eigenvalue weighted by molar-refractivity contribution is -0.137. The third-order valence-corrected chi connectivity index (χ3v) is 8.63. The van der Waals surface area contributed by atoms with Gasteiger partial charge in [0.1, 0.15) is 11.3 Å². The normalized spacial score (nSPS) is 23.6. The fourth-order valence-corrected chi connectivity index (χ4v) is 6.72. The molecule has 5 rings (SSSR count). The molecular weight excluding hydrogens is 511 g/mol. The molecule has 2 aliphatic rings. The maximum absolute atomic E-state index is 11.1. The lowest BCUT2D eigenvalue weighted by atomic mass is 9.95. The van der Waals surface area contributed by atoms with Gasteiger partial charge >= 0.3 is 5.97 Å². The molecular formula is C27H34Cl2N6O2.